The van der Waals surface area contributed by atoms with Crippen molar-refractivity contribution in [2.45, 2.75) is 50.6 Å². The number of nitrogens with one attached hydrogen (secondary N) is 2. The second-order valence-electron chi connectivity index (χ2n) is 12.7. The zero-order valence-electron chi connectivity index (χ0n) is 26.6. The number of H-pyrrole nitrogens is 1. The van der Waals surface area contributed by atoms with Crippen molar-refractivity contribution in [2.24, 2.45) is 0 Å². The predicted octanol–water partition coefficient (Wildman–Crippen LogP) is 7.49. The first-order valence-corrected chi connectivity index (χ1v) is 18.1. The number of fused-ring (bicyclic) bond motifs is 5. The molecule has 9 nitrogen and oxygen atoms in total. The van der Waals surface area contributed by atoms with Gasteiger partial charge < -0.3 is 15.0 Å². The number of amides is 1. The van der Waals surface area contributed by atoms with E-state index in [9.17, 15) is 14.0 Å². The molecule has 0 radical (unpaired) electrons. The molecule has 2 N–H and O–H groups in total. The number of carbonyl (C=O) groups excluding carboxylic acids is 1. The minimum absolute atomic E-state index is 0.0281. The van der Waals surface area contributed by atoms with Crippen molar-refractivity contribution in [1.29, 1.82) is 0 Å². The fourth-order valence-electron chi connectivity index (χ4n) is 7.78. The van der Waals surface area contributed by atoms with E-state index in [4.69, 9.17) is 14.7 Å². The van der Waals surface area contributed by atoms with Crippen LogP contribution in [-0.4, -0.2) is 44.6 Å². The topological polar surface area (TPSA) is 113 Å². The van der Waals surface area contributed by atoms with Crippen molar-refractivity contribution < 1.29 is 13.9 Å². The third-order valence-electron chi connectivity index (χ3n) is 10.00. The summed E-state index contributed by atoms with van der Waals surface area (Å²) in [6.45, 7) is 0.688. The highest BCUT2D eigenvalue weighted by Gasteiger charge is 2.44. The number of hydrogen-bond acceptors (Lipinski definition) is 9. The van der Waals surface area contributed by atoms with Gasteiger partial charge in [0.1, 0.15) is 17.4 Å². The van der Waals surface area contributed by atoms with Crippen molar-refractivity contribution in [2.75, 3.05) is 19.0 Å². The molecule has 0 unspecified atom stereocenters. The average Bonchev–Trinajstić information content (AvgIpc) is 3.95. The first-order valence-electron chi connectivity index (χ1n) is 16.5. The number of hydrogen-bond donors (Lipinski definition) is 2. The number of aromatic amines is 1. The second-order valence-corrected chi connectivity index (χ2v) is 14.7. The van der Waals surface area contributed by atoms with Gasteiger partial charge in [0, 0.05) is 28.7 Å². The molecule has 3 aliphatic rings. The van der Waals surface area contributed by atoms with Crippen LogP contribution < -0.4 is 14.9 Å². The molecular formula is C37H31FN6O3S2. The quantitative estimate of drug-likeness (QED) is 0.170. The molecule has 12 heteroatoms. The van der Waals surface area contributed by atoms with E-state index < -0.39 is 0 Å². The zero-order valence-corrected chi connectivity index (χ0v) is 28.2. The Balaban J connectivity index is 1.20. The molecule has 6 heterocycles. The lowest BCUT2D eigenvalue weighted by Crippen LogP contribution is -2.22. The van der Waals surface area contributed by atoms with Crippen LogP contribution in [0.1, 0.15) is 69.8 Å². The summed E-state index contributed by atoms with van der Waals surface area (Å²) in [4.78, 5) is 39.3. The molecule has 9 rings (SSSR count). The van der Waals surface area contributed by atoms with Gasteiger partial charge in [0.15, 0.2) is 5.01 Å². The van der Waals surface area contributed by atoms with Crippen LogP contribution in [-0.2, 0) is 19.3 Å². The van der Waals surface area contributed by atoms with Crippen LogP contribution in [0.5, 0.6) is 5.75 Å². The molecule has 2 aliphatic heterocycles. The van der Waals surface area contributed by atoms with Crippen molar-refractivity contribution in [3.05, 3.63) is 110 Å². The summed E-state index contributed by atoms with van der Waals surface area (Å²) in [5, 5.41) is 12.2. The van der Waals surface area contributed by atoms with Gasteiger partial charge in [0.05, 0.1) is 40.8 Å². The number of aryl methyl sites for hydroxylation is 2. The number of aromatic nitrogens is 4. The minimum Gasteiger partial charge on any atom is -0.496 e. The molecule has 0 bridgehead atoms. The van der Waals surface area contributed by atoms with Crippen LogP contribution in [0.4, 0.5) is 10.2 Å². The van der Waals surface area contributed by atoms with Crippen LogP contribution in [0.3, 0.4) is 0 Å². The number of benzene rings is 2. The Morgan fingerprint density at radius 1 is 1.04 bits per heavy atom. The van der Waals surface area contributed by atoms with Crippen LogP contribution in [0.2, 0.25) is 0 Å². The van der Waals surface area contributed by atoms with Gasteiger partial charge in [0.2, 0.25) is 0 Å². The van der Waals surface area contributed by atoms with E-state index in [2.05, 4.69) is 27.6 Å². The molecule has 6 aromatic rings. The Morgan fingerprint density at radius 2 is 1.92 bits per heavy atom. The van der Waals surface area contributed by atoms with Crippen molar-refractivity contribution >= 4 is 44.5 Å². The molecule has 2 aromatic carbocycles. The van der Waals surface area contributed by atoms with Gasteiger partial charge in [-0.25, -0.2) is 14.5 Å². The molecule has 1 amide bonds. The summed E-state index contributed by atoms with van der Waals surface area (Å²) in [6, 6.07) is 16.8. The summed E-state index contributed by atoms with van der Waals surface area (Å²) >= 11 is 2.60. The second kappa shape index (κ2) is 11.9. The van der Waals surface area contributed by atoms with Crippen molar-refractivity contribution in [1.82, 2.24) is 25.1 Å². The molecule has 2 atom stereocenters. The highest BCUT2D eigenvalue weighted by molar-refractivity contribution is 7.23. The van der Waals surface area contributed by atoms with Gasteiger partial charge in [-0.2, -0.15) is 5.10 Å². The first kappa shape index (κ1) is 30.1. The molecule has 0 saturated carbocycles. The summed E-state index contributed by atoms with van der Waals surface area (Å²) < 4.78 is 20.3. The molecule has 246 valence electrons. The maximum atomic E-state index is 14.2. The van der Waals surface area contributed by atoms with Crippen molar-refractivity contribution in [3.63, 3.8) is 0 Å². The Hall–Kier alpha value is -4.94. The number of nitrogens with zero attached hydrogens (tertiary/aromatic N) is 4. The highest BCUT2D eigenvalue weighted by Crippen LogP contribution is 2.51. The first-order chi connectivity index (χ1) is 24.0. The molecule has 1 saturated heterocycles. The third kappa shape index (κ3) is 5.04. The molecule has 4 aromatic heterocycles. The van der Waals surface area contributed by atoms with Crippen molar-refractivity contribution in [3.8, 4) is 26.8 Å². The van der Waals surface area contributed by atoms with Crippen LogP contribution in [0.25, 0.3) is 31.1 Å². The molecule has 1 fully saturated rings. The number of pyridine rings is 2. The molecular weight excluding hydrogens is 660 g/mol. The van der Waals surface area contributed by atoms with Gasteiger partial charge in [-0.05, 0) is 90.9 Å². The summed E-state index contributed by atoms with van der Waals surface area (Å²) in [7, 11) is 1.71. The van der Waals surface area contributed by atoms with Crippen LogP contribution in [0, 0.1) is 5.82 Å². The predicted molar refractivity (Wildman–Crippen MR) is 189 cm³/mol. The normalized spacial score (nSPS) is 17.8. The van der Waals surface area contributed by atoms with E-state index in [1.807, 2.05) is 29.3 Å². The van der Waals surface area contributed by atoms with Crippen LogP contribution in [0.15, 0.2) is 65.6 Å². The Bertz CT molecular complexity index is 2330. The SMILES string of the molecule is COc1cccc2c1CC[C@H]2Nc1nccc2cc(-c3c4c(nc(CCc5ccc(F)cc5)c3-c3n[nH]c(=O)s3)[C@H]3CCCN3C4=O)sc12. The zero-order chi connectivity index (χ0) is 33.2. The van der Waals surface area contributed by atoms with Gasteiger partial charge in [-0.1, -0.05) is 35.6 Å². The lowest BCUT2D eigenvalue weighted by atomic mass is 9.93. The lowest BCUT2D eigenvalue weighted by molar-refractivity contribution is 0.0776. The number of carbonyl (C=O) groups is 1. The fraction of sp³-hybridized carbons (Fsp3) is 0.270. The summed E-state index contributed by atoms with van der Waals surface area (Å²) in [5.41, 5.74) is 7.04. The van der Waals surface area contributed by atoms with Gasteiger partial charge in [0.25, 0.3) is 5.91 Å². The van der Waals surface area contributed by atoms with E-state index >= 15 is 0 Å². The van der Waals surface area contributed by atoms with Gasteiger partial charge in [-0.15, -0.1) is 11.3 Å². The standard InChI is InChI=1S/C37H31FN6O3S2/c1-47-27-6-2-4-22-23(27)12-14-24(22)41-34-33-20(15-16-39-34)18-28(48-33)30-29(35-42-43-37(46)49-35)25(13-9-19-7-10-21(38)11-8-19)40-32-26-5-3-17-44(26)36(45)31(30)32/h2,4,6-8,10-11,15-16,18,24,26H,3,5,9,12-14,17H2,1H3,(H,39,41)(H,43,46)/t24-,26-/m1/s1. The summed E-state index contributed by atoms with van der Waals surface area (Å²) in [6.07, 6.45) is 6.58. The van der Waals surface area contributed by atoms with E-state index in [0.717, 1.165) is 86.1 Å². The van der Waals surface area contributed by atoms with E-state index in [1.165, 1.54) is 23.3 Å². The smallest absolute Gasteiger partial charge is 0.322 e. The molecule has 1 aliphatic carbocycles. The number of thiophene rings is 1. The number of anilines is 1. The Labute approximate surface area is 288 Å². The maximum absolute atomic E-state index is 14.2. The minimum atomic E-state index is -0.284. The van der Waals surface area contributed by atoms with Gasteiger partial charge in [-0.3, -0.25) is 14.6 Å². The molecule has 49 heavy (non-hydrogen) atoms. The van der Waals surface area contributed by atoms with E-state index in [0.29, 0.717) is 35.5 Å². The largest absolute Gasteiger partial charge is 0.496 e. The number of ether oxygens (including phenoxy) is 1. The summed E-state index contributed by atoms with van der Waals surface area (Å²) in [5.74, 6) is 1.38. The van der Waals surface area contributed by atoms with E-state index in [1.54, 1.807) is 30.6 Å². The number of methoxy groups -OCH3 is 1. The maximum Gasteiger partial charge on any atom is 0.322 e. The highest BCUT2D eigenvalue weighted by atomic mass is 32.1. The average molecular weight is 691 g/mol. The third-order valence-corrected chi connectivity index (χ3v) is 11.9. The lowest BCUT2D eigenvalue weighted by Gasteiger charge is -2.17. The van der Waals surface area contributed by atoms with Crippen LogP contribution >= 0.6 is 22.7 Å². The number of halogens is 1. The monoisotopic (exact) mass is 690 g/mol. The Kier molecular flexibility index (Phi) is 7.31. The van der Waals surface area contributed by atoms with E-state index in [-0.39, 0.29) is 28.7 Å². The fourth-order valence-corrected chi connectivity index (χ4v) is 9.62. The number of rotatable bonds is 8. The molecule has 0 spiro atoms. The van der Waals surface area contributed by atoms with Gasteiger partial charge >= 0.3 is 4.87 Å². The Morgan fingerprint density at radius 3 is 2.73 bits per heavy atom.